The van der Waals surface area contributed by atoms with E-state index in [-0.39, 0.29) is 5.78 Å². The fraction of sp³-hybridized carbons (Fsp3) is 0.263. The van der Waals surface area contributed by atoms with Crippen molar-refractivity contribution in [2.24, 2.45) is 10.2 Å². The normalized spacial score (nSPS) is 12.0. The van der Waals surface area contributed by atoms with Gasteiger partial charge in [0.25, 0.3) is 5.91 Å². The summed E-state index contributed by atoms with van der Waals surface area (Å²) in [6.45, 7) is 5.18. The first-order valence-electron chi connectivity index (χ1n) is 7.84. The van der Waals surface area contributed by atoms with Gasteiger partial charge in [0.2, 0.25) is 6.04 Å². The van der Waals surface area contributed by atoms with E-state index in [4.69, 9.17) is 4.74 Å². The second-order valence-electron chi connectivity index (χ2n) is 5.73. The zero-order chi connectivity index (χ0) is 18.4. The molecule has 0 bridgehead atoms. The average molecular weight is 339 g/mol. The second kappa shape index (κ2) is 8.19. The van der Waals surface area contributed by atoms with Crippen molar-refractivity contribution >= 4 is 23.1 Å². The van der Waals surface area contributed by atoms with Gasteiger partial charge in [-0.05, 0) is 56.7 Å². The van der Waals surface area contributed by atoms with Crippen LogP contribution in [0.4, 0.5) is 11.4 Å². The molecule has 0 aromatic heterocycles. The fourth-order valence-corrected chi connectivity index (χ4v) is 2.25. The van der Waals surface area contributed by atoms with Crippen LogP contribution in [0.15, 0.2) is 52.7 Å². The van der Waals surface area contributed by atoms with Crippen LogP contribution in [0.1, 0.15) is 18.1 Å². The lowest BCUT2D eigenvalue weighted by atomic mass is 10.1. The highest BCUT2D eigenvalue weighted by Gasteiger charge is 2.23. The first-order chi connectivity index (χ1) is 11.9. The first-order valence-corrected chi connectivity index (χ1v) is 7.84. The molecule has 0 spiro atoms. The Morgan fingerprint density at radius 2 is 1.76 bits per heavy atom. The Kier molecular flexibility index (Phi) is 6.00. The van der Waals surface area contributed by atoms with E-state index in [1.165, 1.54) is 6.92 Å². The highest BCUT2D eigenvalue weighted by molar-refractivity contribution is 6.10. The molecule has 1 amide bonds. The molecule has 1 N–H and O–H groups in total. The average Bonchev–Trinajstić information content (AvgIpc) is 2.58. The van der Waals surface area contributed by atoms with Crippen molar-refractivity contribution in [2.75, 3.05) is 12.4 Å². The Morgan fingerprint density at radius 3 is 2.32 bits per heavy atom. The van der Waals surface area contributed by atoms with Crippen molar-refractivity contribution in [2.45, 2.75) is 26.8 Å². The van der Waals surface area contributed by atoms with Gasteiger partial charge in [-0.15, -0.1) is 0 Å². The number of carbonyl (C=O) groups is 2. The number of aryl methyl sites for hydroxylation is 2. The summed E-state index contributed by atoms with van der Waals surface area (Å²) in [5.41, 5.74) is 3.20. The summed E-state index contributed by atoms with van der Waals surface area (Å²) in [5.74, 6) is -0.189. The van der Waals surface area contributed by atoms with Crippen molar-refractivity contribution < 1.29 is 14.3 Å². The molecular formula is C19H21N3O3. The minimum atomic E-state index is -1.19. The molecule has 6 heteroatoms. The Labute approximate surface area is 146 Å². The lowest BCUT2D eigenvalue weighted by molar-refractivity contribution is -0.126. The molecule has 25 heavy (non-hydrogen) atoms. The maximum Gasteiger partial charge on any atom is 0.258 e. The number of azo groups is 1. The van der Waals surface area contributed by atoms with Gasteiger partial charge in [0.1, 0.15) is 5.75 Å². The number of amides is 1. The zero-order valence-corrected chi connectivity index (χ0v) is 14.7. The lowest BCUT2D eigenvalue weighted by Crippen LogP contribution is -2.32. The fourth-order valence-electron chi connectivity index (χ4n) is 2.25. The minimum Gasteiger partial charge on any atom is -0.497 e. The van der Waals surface area contributed by atoms with Gasteiger partial charge in [0, 0.05) is 5.69 Å². The van der Waals surface area contributed by atoms with Crippen molar-refractivity contribution in [1.82, 2.24) is 0 Å². The van der Waals surface area contributed by atoms with Crippen LogP contribution in [-0.2, 0) is 9.59 Å². The molecule has 2 aromatic carbocycles. The van der Waals surface area contributed by atoms with Crippen LogP contribution < -0.4 is 10.1 Å². The number of benzene rings is 2. The van der Waals surface area contributed by atoms with Gasteiger partial charge in [0.15, 0.2) is 5.78 Å². The van der Waals surface area contributed by atoms with E-state index in [1.807, 2.05) is 26.0 Å². The number of ether oxygens (including phenoxy) is 1. The maximum absolute atomic E-state index is 12.4. The summed E-state index contributed by atoms with van der Waals surface area (Å²) in [6, 6.07) is 11.3. The quantitative estimate of drug-likeness (QED) is 0.638. The number of Topliss-reactive ketones (excluding diaryl/α,β-unsaturated/α-hetero) is 1. The number of anilines is 1. The number of hydrogen-bond donors (Lipinski definition) is 1. The van der Waals surface area contributed by atoms with Crippen molar-refractivity contribution in [1.29, 1.82) is 0 Å². The molecule has 0 aliphatic carbocycles. The SMILES string of the molecule is COc1ccc(N=NC(C(C)=O)C(=O)Nc2ccc(C)cc2C)cc1. The van der Waals surface area contributed by atoms with Crippen molar-refractivity contribution in [3.05, 3.63) is 53.6 Å². The highest BCUT2D eigenvalue weighted by Crippen LogP contribution is 2.20. The van der Waals surface area contributed by atoms with Gasteiger partial charge in [-0.3, -0.25) is 9.59 Å². The molecule has 0 fully saturated rings. The number of carbonyl (C=O) groups excluding carboxylic acids is 2. The summed E-state index contributed by atoms with van der Waals surface area (Å²) in [4.78, 5) is 24.2. The molecular weight excluding hydrogens is 318 g/mol. The standard InChI is InChI=1S/C19H21N3O3/c1-12-5-10-17(13(2)11-12)20-19(24)18(14(3)23)22-21-15-6-8-16(25-4)9-7-15/h5-11,18H,1-4H3,(H,20,24). The number of nitrogens with zero attached hydrogens (tertiary/aromatic N) is 2. The molecule has 0 saturated carbocycles. The maximum atomic E-state index is 12.4. The molecule has 6 nitrogen and oxygen atoms in total. The summed E-state index contributed by atoms with van der Waals surface area (Å²) in [6.07, 6.45) is 0. The molecule has 0 heterocycles. The zero-order valence-electron chi connectivity index (χ0n) is 14.7. The third-order valence-corrected chi connectivity index (χ3v) is 3.63. The van der Waals surface area contributed by atoms with E-state index in [0.717, 1.165) is 11.1 Å². The van der Waals surface area contributed by atoms with Gasteiger partial charge < -0.3 is 10.1 Å². The van der Waals surface area contributed by atoms with Crippen LogP contribution in [-0.4, -0.2) is 24.8 Å². The van der Waals surface area contributed by atoms with Crippen LogP contribution in [0.2, 0.25) is 0 Å². The molecule has 0 aliphatic heterocycles. The van der Waals surface area contributed by atoms with E-state index in [1.54, 1.807) is 37.4 Å². The van der Waals surface area contributed by atoms with Crippen LogP contribution in [0.25, 0.3) is 0 Å². The minimum absolute atomic E-state index is 0.375. The Morgan fingerprint density at radius 1 is 1.08 bits per heavy atom. The Bertz CT molecular complexity index is 798. The largest absolute Gasteiger partial charge is 0.497 e. The summed E-state index contributed by atoms with van der Waals surface area (Å²) in [5, 5.41) is 10.6. The number of methoxy groups -OCH3 is 1. The van der Waals surface area contributed by atoms with Gasteiger partial charge in [-0.1, -0.05) is 17.7 Å². The monoisotopic (exact) mass is 339 g/mol. The Balaban J connectivity index is 2.14. The third-order valence-electron chi connectivity index (χ3n) is 3.63. The van der Waals surface area contributed by atoms with E-state index in [2.05, 4.69) is 15.5 Å². The first kappa shape index (κ1) is 18.3. The van der Waals surface area contributed by atoms with E-state index in [9.17, 15) is 9.59 Å². The number of ketones is 1. The van der Waals surface area contributed by atoms with Gasteiger partial charge in [-0.2, -0.15) is 10.2 Å². The van der Waals surface area contributed by atoms with E-state index in [0.29, 0.717) is 17.1 Å². The van der Waals surface area contributed by atoms with Gasteiger partial charge in [0.05, 0.1) is 12.8 Å². The molecule has 1 atom stereocenters. The van der Waals surface area contributed by atoms with E-state index < -0.39 is 11.9 Å². The number of rotatable bonds is 6. The molecule has 2 aromatic rings. The lowest BCUT2D eigenvalue weighted by Gasteiger charge is -2.12. The Hall–Kier alpha value is -3.02. The molecule has 0 saturated heterocycles. The smallest absolute Gasteiger partial charge is 0.258 e. The second-order valence-corrected chi connectivity index (χ2v) is 5.73. The predicted molar refractivity (Wildman–Crippen MR) is 96.5 cm³/mol. The topological polar surface area (TPSA) is 80.1 Å². The number of nitrogens with one attached hydrogen (secondary N) is 1. The van der Waals surface area contributed by atoms with Crippen molar-refractivity contribution in [3.8, 4) is 5.75 Å². The van der Waals surface area contributed by atoms with Crippen LogP contribution in [0, 0.1) is 13.8 Å². The molecule has 2 rings (SSSR count). The highest BCUT2D eigenvalue weighted by atomic mass is 16.5. The number of hydrogen-bond acceptors (Lipinski definition) is 5. The molecule has 0 radical (unpaired) electrons. The predicted octanol–water partition coefficient (Wildman–Crippen LogP) is 3.99. The third kappa shape index (κ3) is 4.97. The van der Waals surface area contributed by atoms with Crippen LogP contribution in [0.5, 0.6) is 5.75 Å². The molecule has 1 unspecified atom stereocenters. The van der Waals surface area contributed by atoms with Gasteiger partial charge >= 0.3 is 0 Å². The van der Waals surface area contributed by atoms with E-state index >= 15 is 0 Å². The molecule has 130 valence electrons. The van der Waals surface area contributed by atoms with Crippen LogP contribution in [0.3, 0.4) is 0 Å². The van der Waals surface area contributed by atoms with Crippen molar-refractivity contribution in [3.63, 3.8) is 0 Å². The summed E-state index contributed by atoms with van der Waals surface area (Å²) < 4.78 is 5.07. The molecule has 0 aliphatic rings. The van der Waals surface area contributed by atoms with Crippen LogP contribution >= 0.6 is 0 Å². The van der Waals surface area contributed by atoms with Gasteiger partial charge in [-0.25, -0.2) is 0 Å². The summed E-state index contributed by atoms with van der Waals surface area (Å²) >= 11 is 0. The summed E-state index contributed by atoms with van der Waals surface area (Å²) in [7, 11) is 1.57.